The molecule has 0 spiro atoms. The number of amides is 1. The SMILES string of the molecule is O=C1C[C@H](c2nc3ccccc3n2Cc2cccc(Cl)c2)CN1Cc1ccccc1. The fourth-order valence-electron chi connectivity index (χ4n) is 4.29. The topological polar surface area (TPSA) is 38.1 Å². The normalized spacial score (nSPS) is 16.5. The van der Waals surface area contributed by atoms with Gasteiger partial charge in [0.05, 0.1) is 11.0 Å². The standard InChI is InChI=1S/C25H22ClN3O/c26-21-10-6-9-19(13-21)16-29-23-12-5-4-11-22(23)27-25(29)20-14-24(30)28(17-20)15-18-7-2-1-3-8-18/h1-13,20H,14-17H2/t20-/m0/s1. The number of benzene rings is 3. The molecule has 0 aliphatic carbocycles. The van der Waals surface area contributed by atoms with E-state index in [1.54, 1.807) is 0 Å². The molecule has 1 aliphatic heterocycles. The molecule has 1 aromatic heterocycles. The third-order valence-corrected chi connectivity index (χ3v) is 5.94. The number of hydrogen-bond acceptors (Lipinski definition) is 2. The molecule has 0 bridgehead atoms. The van der Waals surface area contributed by atoms with Gasteiger partial charge in [-0.05, 0) is 35.4 Å². The molecule has 4 nitrogen and oxygen atoms in total. The minimum Gasteiger partial charge on any atom is -0.338 e. The zero-order chi connectivity index (χ0) is 20.5. The van der Waals surface area contributed by atoms with Crippen molar-refractivity contribution in [2.45, 2.75) is 25.4 Å². The van der Waals surface area contributed by atoms with E-state index in [2.05, 4.69) is 28.8 Å². The van der Waals surface area contributed by atoms with Crippen molar-refractivity contribution in [3.05, 3.63) is 101 Å². The van der Waals surface area contributed by atoms with E-state index in [0.717, 1.165) is 33.0 Å². The van der Waals surface area contributed by atoms with Gasteiger partial charge in [-0.15, -0.1) is 0 Å². The second-order valence-electron chi connectivity index (χ2n) is 7.84. The average molecular weight is 416 g/mol. The molecule has 1 fully saturated rings. The van der Waals surface area contributed by atoms with E-state index >= 15 is 0 Å². The van der Waals surface area contributed by atoms with Crippen molar-refractivity contribution in [2.75, 3.05) is 6.54 Å². The lowest BCUT2D eigenvalue weighted by Gasteiger charge is -2.17. The maximum absolute atomic E-state index is 12.8. The molecule has 150 valence electrons. The van der Waals surface area contributed by atoms with Crippen molar-refractivity contribution < 1.29 is 4.79 Å². The molecule has 5 rings (SSSR count). The van der Waals surface area contributed by atoms with Gasteiger partial charge >= 0.3 is 0 Å². The molecule has 0 radical (unpaired) electrons. The lowest BCUT2D eigenvalue weighted by molar-refractivity contribution is -0.128. The smallest absolute Gasteiger partial charge is 0.223 e. The number of halogens is 1. The first kappa shape index (κ1) is 18.9. The monoisotopic (exact) mass is 415 g/mol. The predicted octanol–water partition coefficient (Wildman–Crippen LogP) is 5.25. The van der Waals surface area contributed by atoms with Crippen LogP contribution in [0.25, 0.3) is 11.0 Å². The van der Waals surface area contributed by atoms with Crippen molar-refractivity contribution in [3.8, 4) is 0 Å². The lowest BCUT2D eigenvalue weighted by atomic mass is 10.1. The number of likely N-dealkylation sites (tertiary alicyclic amines) is 1. The zero-order valence-corrected chi connectivity index (χ0v) is 17.3. The number of carbonyl (C=O) groups excluding carboxylic acids is 1. The van der Waals surface area contributed by atoms with Gasteiger partial charge in [0.2, 0.25) is 5.91 Å². The Morgan fingerprint density at radius 1 is 0.900 bits per heavy atom. The Bertz CT molecular complexity index is 1200. The summed E-state index contributed by atoms with van der Waals surface area (Å²) < 4.78 is 2.24. The summed E-state index contributed by atoms with van der Waals surface area (Å²) in [5.41, 5.74) is 4.32. The van der Waals surface area contributed by atoms with Crippen LogP contribution in [-0.2, 0) is 17.9 Å². The van der Waals surface area contributed by atoms with Gasteiger partial charge in [-0.1, -0.05) is 66.2 Å². The van der Waals surface area contributed by atoms with Crippen LogP contribution in [0.1, 0.15) is 29.3 Å². The molecule has 5 heteroatoms. The summed E-state index contributed by atoms with van der Waals surface area (Å²) in [5, 5.41) is 0.726. The second-order valence-corrected chi connectivity index (χ2v) is 8.27. The van der Waals surface area contributed by atoms with Crippen LogP contribution in [0.4, 0.5) is 0 Å². The van der Waals surface area contributed by atoms with Gasteiger partial charge < -0.3 is 9.47 Å². The van der Waals surface area contributed by atoms with Crippen LogP contribution in [0.3, 0.4) is 0 Å². The molecule has 4 aromatic rings. The number of carbonyl (C=O) groups is 1. The van der Waals surface area contributed by atoms with Crippen LogP contribution in [-0.4, -0.2) is 26.9 Å². The highest BCUT2D eigenvalue weighted by atomic mass is 35.5. The van der Waals surface area contributed by atoms with Crippen molar-refractivity contribution in [2.24, 2.45) is 0 Å². The molecular weight excluding hydrogens is 394 g/mol. The molecular formula is C25H22ClN3O. The molecule has 0 N–H and O–H groups in total. The molecule has 2 heterocycles. The van der Waals surface area contributed by atoms with E-state index in [0.29, 0.717) is 26.1 Å². The highest BCUT2D eigenvalue weighted by Gasteiger charge is 2.34. The Labute approximate surface area is 180 Å². The molecule has 1 aliphatic rings. The largest absolute Gasteiger partial charge is 0.338 e. The average Bonchev–Trinajstić information content (AvgIpc) is 3.30. The van der Waals surface area contributed by atoms with Crippen molar-refractivity contribution in [3.63, 3.8) is 0 Å². The van der Waals surface area contributed by atoms with E-state index in [9.17, 15) is 4.79 Å². The molecule has 1 atom stereocenters. The van der Waals surface area contributed by atoms with Crippen LogP contribution in [0.15, 0.2) is 78.9 Å². The number of hydrogen-bond donors (Lipinski definition) is 0. The predicted molar refractivity (Wildman–Crippen MR) is 120 cm³/mol. The van der Waals surface area contributed by atoms with E-state index in [1.165, 1.54) is 0 Å². The van der Waals surface area contributed by atoms with E-state index in [-0.39, 0.29) is 11.8 Å². The first-order chi connectivity index (χ1) is 14.7. The fraction of sp³-hybridized carbons (Fsp3) is 0.200. The summed E-state index contributed by atoms with van der Waals surface area (Å²) in [6.45, 7) is 2.01. The number of rotatable bonds is 5. The summed E-state index contributed by atoms with van der Waals surface area (Å²) >= 11 is 6.21. The molecule has 1 amide bonds. The third kappa shape index (κ3) is 3.71. The second kappa shape index (κ2) is 7.96. The number of nitrogens with zero attached hydrogens (tertiary/aromatic N) is 3. The quantitative estimate of drug-likeness (QED) is 0.446. The summed E-state index contributed by atoms with van der Waals surface area (Å²) in [5.74, 6) is 1.23. The molecule has 0 unspecified atom stereocenters. The highest BCUT2D eigenvalue weighted by molar-refractivity contribution is 6.30. The van der Waals surface area contributed by atoms with E-state index in [4.69, 9.17) is 16.6 Å². The highest BCUT2D eigenvalue weighted by Crippen LogP contribution is 2.32. The maximum atomic E-state index is 12.8. The van der Waals surface area contributed by atoms with Gasteiger partial charge in [-0.3, -0.25) is 4.79 Å². The van der Waals surface area contributed by atoms with Crippen molar-refractivity contribution in [1.82, 2.24) is 14.5 Å². The summed E-state index contributed by atoms with van der Waals surface area (Å²) in [6, 6.07) is 26.2. The Hall–Kier alpha value is -3.11. The Morgan fingerprint density at radius 2 is 1.67 bits per heavy atom. The number of fused-ring (bicyclic) bond motifs is 1. The first-order valence-corrected chi connectivity index (χ1v) is 10.6. The Kier molecular flexibility index (Phi) is 5.01. The van der Waals surface area contributed by atoms with Crippen molar-refractivity contribution in [1.29, 1.82) is 0 Å². The van der Waals surface area contributed by atoms with Gasteiger partial charge in [0.1, 0.15) is 5.82 Å². The third-order valence-electron chi connectivity index (χ3n) is 5.71. The summed E-state index contributed by atoms with van der Waals surface area (Å²) in [4.78, 5) is 19.7. The molecule has 1 saturated heterocycles. The van der Waals surface area contributed by atoms with Gasteiger partial charge in [0.25, 0.3) is 0 Å². The van der Waals surface area contributed by atoms with Crippen LogP contribution in [0.5, 0.6) is 0 Å². The number of para-hydroxylation sites is 2. The Balaban J connectivity index is 1.47. The van der Waals surface area contributed by atoms with Crippen LogP contribution >= 0.6 is 11.6 Å². The van der Waals surface area contributed by atoms with Crippen LogP contribution in [0.2, 0.25) is 5.02 Å². The van der Waals surface area contributed by atoms with Crippen LogP contribution < -0.4 is 0 Å². The fourth-order valence-corrected chi connectivity index (χ4v) is 4.50. The first-order valence-electron chi connectivity index (χ1n) is 10.2. The lowest BCUT2D eigenvalue weighted by Crippen LogP contribution is -2.24. The zero-order valence-electron chi connectivity index (χ0n) is 16.5. The van der Waals surface area contributed by atoms with Crippen LogP contribution in [0, 0.1) is 0 Å². The molecule has 30 heavy (non-hydrogen) atoms. The molecule has 0 saturated carbocycles. The van der Waals surface area contributed by atoms with Gasteiger partial charge in [-0.25, -0.2) is 4.98 Å². The van der Waals surface area contributed by atoms with E-state index in [1.807, 2.05) is 59.5 Å². The summed E-state index contributed by atoms with van der Waals surface area (Å²) in [6.07, 6.45) is 0.492. The number of imidazole rings is 1. The minimum absolute atomic E-state index is 0.0767. The molecule has 3 aromatic carbocycles. The van der Waals surface area contributed by atoms with Gasteiger partial charge in [0, 0.05) is 37.0 Å². The van der Waals surface area contributed by atoms with Gasteiger partial charge in [-0.2, -0.15) is 0 Å². The summed E-state index contributed by atoms with van der Waals surface area (Å²) in [7, 11) is 0. The van der Waals surface area contributed by atoms with E-state index < -0.39 is 0 Å². The van der Waals surface area contributed by atoms with Crippen molar-refractivity contribution >= 4 is 28.5 Å². The van der Waals surface area contributed by atoms with Gasteiger partial charge in [0.15, 0.2) is 0 Å². The Morgan fingerprint density at radius 3 is 2.50 bits per heavy atom. The maximum Gasteiger partial charge on any atom is 0.223 e. The number of aromatic nitrogens is 2. The minimum atomic E-state index is 0.0767.